The topological polar surface area (TPSA) is 52.5 Å². The lowest BCUT2D eigenvalue weighted by molar-refractivity contribution is 0.402. The average Bonchev–Trinajstić information content (AvgIpc) is 2.81. The Hall–Kier alpha value is -0.880. The third-order valence-corrected chi connectivity index (χ3v) is 6.34. The number of rotatable bonds is 4. The summed E-state index contributed by atoms with van der Waals surface area (Å²) < 4.78 is 0. The molecule has 0 amide bonds. The van der Waals surface area contributed by atoms with Gasteiger partial charge in [-0.15, -0.1) is 28.7 Å². The first-order valence-corrected chi connectivity index (χ1v) is 10.0. The molecule has 0 spiro atoms. The molecule has 2 aromatic carbocycles. The first-order chi connectivity index (χ1) is 12.0. The van der Waals surface area contributed by atoms with E-state index in [2.05, 4.69) is 43.4 Å². The van der Waals surface area contributed by atoms with Crippen molar-refractivity contribution in [2.45, 2.75) is 31.1 Å². The van der Waals surface area contributed by atoms with Crippen LogP contribution in [-0.4, -0.2) is 29.1 Å². The molecule has 26 heavy (non-hydrogen) atoms. The van der Waals surface area contributed by atoms with Crippen molar-refractivity contribution in [1.29, 1.82) is 0 Å². The van der Waals surface area contributed by atoms with Gasteiger partial charge in [-0.2, -0.15) is 0 Å². The lowest BCUT2D eigenvalue weighted by atomic mass is 9.87. The van der Waals surface area contributed by atoms with Crippen LogP contribution in [0.1, 0.15) is 36.5 Å². The zero-order valence-corrected chi connectivity index (χ0v) is 18.2. The summed E-state index contributed by atoms with van der Waals surface area (Å²) in [5.41, 5.74) is 3.10. The molecular formula is C20H25BrClNO2S. The van der Waals surface area contributed by atoms with Gasteiger partial charge in [-0.1, -0.05) is 37.6 Å². The van der Waals surface area contributed by atoms with Crippen LogP contribution < -0.4 is 5.32 Å². The van der Waals surface area contributed by atoms with E-state index >= 15 is 0 Å². The van der Waals surface area contributed by atoms with E-state index < -0.39 is 0 Å². The molecule has 1 unspecified atom stereocenters. The molecule has 1 aliphatic heterocycles. The molecule has 1 heterocycles. The summed E-state index contributed by atoms with van der Waals surface area (Å²) in [6.45, 7) is 6.03. The molecule has 6 heteroatoms. The third kappa shape index (κ3) is 4.69. The third-order valence-electron chi connectivity index (χ3n) is 4.50. The number of phenols is 2. The summed E-state index contributed by atoms with van der Waals surface area (Å²) in [5.74, 6) is 1.50. The molecule has 1 aliphatic rings. The van der Waals surface area contributed by atoms with Crippen LogP contribution in [0.25, 0.3) is 0 Å². The fraction of sp³-hybridized carbons (Fsp3) is 0.400. The highest BCUT2D eigenvalue weighted by molar-refractivity contribution is 8.93. The van der Waals surface area contributed by atoms with Gasteiger partial charge in [0.15, 0.2) is 11.5 Å². The minimum Gasteiger partial charge on any atom is -0.504 e. The lowest BCUT2D eigenvalue weighted by Gasteiger charge is -2.20. The normalized spacial score (nSPS) is 16.7. The second-order valence-corrected chi connectivity index (χ2v) is 8.38. The number of fused-ring (bicyclic) bond motifs is 1. The summed E-state index contributed by atoms with van der Waals surface area (Å²) in [7, 11) is 0. The van der Waals surface area contributed by atoms with Crippen molar-refractivity contribution in [3.05, 3.63) is 52.0 Å². The van der Waals surface area contributed by atoms with E-state index in [1.807, 2.05) is 11.8 Å². The van der Waals surface area contributed by atoms with Gasteiger partial charge in [0.25, 0.3) is 0 Å². The van der Waals surface area contributed by atoms with Gasteiger partial charge in [-0.3, -0.25) is 0 Å². The van der Waals surface area contributed by atoms with Crippen LogP contribution in [0.5, 0.6) is 11.5 Å². The van der Waals surface area contributed by atoms with Crippen molar-refractivity contribution in [2.75, 3.05) is 18.8 Å². The Morgan fingerprint density at radius 3 is 2.58 bits per heavy atom. The number of phenolic OH excluding ortho intramolecular Hbond substituents is 2. The van der Waals surface area contributed by atoms with Crippen molar-refractivity contribution in [2.24, 2.45) is 5.92 Å². The van der Waals surface area contributed by atoms with Crippen LogP contribution in [0.4, 0.5) is 0 Å². The predicted octanol–water partition coefficient (Wildman–Crippen LogP) is 5.35. The fourth-order valence-corrected chi connectivity index (χ4v) is 4.33. The molecule has 0 bridgehead atoms. The molecule has 3 rings (SSSR count). The molecule has 0 saturated carbocycles. The maximum Gasteiger partial charge on any atom is 0.176 e. The Morgan fingerprint density at radius 1 is 1.23 bits per heavy atom. The second kappa shape index (κ2) is 9.36. The van der Waals surface area contributed by atoms with Gasteiger partial charge in [0, 0.05) is 23.1 Å². The first-order valence-electron chi connectivity index (χ1n) is 8.64. The van der Waals surface area contributed by atoms with Crippen LogP contribution in [0.2, 0.25) is 5.02 Å². The minimum absolute atomic E-state index is 0. The Morgan fingerprint density at radius 2 is 1.92 bits per heavy atom. The number of aromatic hydroxyl groups is 2. The van der Waals surface area contributed by atoms with E-state index in [0.29, 0.717) is 5.92 Å². The smallest absolute Gasteiger partial charge is 0.176 e. The van der Waals surface area contributed by atoms with E-state index in [1.165, 1.54) is 10.5 Å². The summed E-state index contributed by atoms with van der Waals surface area (Å²) in [6.07, 6.45) is 0.737. The van der Waals surface area contributed by atoms with Crippen molar-refractivity contribution >= 4 is 40.3 Å². The van der Waals surface area contributed by atoms with Gasteiger partial charge in [0.1, 0.15) is 0 Å². The van der Waals surface area contributed by atoms with Crippen LogP contribution in [0.15, 0.2) is 35.2 Å². The summed E-state index contributed by atoms with van der Waals surface area (Å²) >= 11 is 8.17. The summed E-state index contributed by atoms with van der Waals surface area (Å²) in [5, 5.41) is 23.7. The Labute approximate surface area is 174 Å². The van der Waals surface area contributed by atoms with Gasteiger partial charge in [-0.25, -0.2) is 0 Å². The predicted molar refractivity (Wildman–Crippen MR) is 116 cm³/mol. The van der Waals surface area contributed by atoms with Gasteiger partial charge in [0.05, 0.1) is 5.02 Å². The maximum atomic E-state index is 10.0. The van der Waals surface area contributed by atoms with E-state index in [4.69, 9.17) is 11.6 Å². The Bertz CT molecular complexity index is 752. The minimum atomic E-state index is -0.221. The maximum absolute atomic E-state index is 10.0. The molecule has 0 radical (unpaired) electrons. The summed E-state index contributed by atoms with van der Waals surface area (Å²) in [6, 6.07) is 10.3. The lowest BCUT2D eigenvalue weighted by Crippen LogP contribution is -2.20. The molecule has 3 nitrogen and oxygen atoms in total. The SMILES string of the molecule is Br.CC(C)CSc1ccc(C2CNCCc3c2cc(O)c(O)c3Cl)cc1. The number of hydrogen-bond donors (Lipinski definition) is 3. The summed E-state index contributed by atoms with van der Waals surface area (Å²) in [4.78, 5) is 1.27. The average molecular weight is 459 g/mol. The molecule has 2 aromatic rings. The molecule has 1 atom stereocenters. The van der Waals surface area contributed by atoms with Crippen LogP contribution in [-0.2, 0) is 6.42 Å². The molecule has 142 valence electrons. The molecule has 0 saturated heterocycles. The zero-order chi connectivity index (χ0) is 18.0. The van der Waals surface area contributed by atoms with Gasteiger partial charge >= 0.3 is 0 Å². The highest BCUT2D eigenvalue weighted by Crippen LogP contribution is 2.42. The monoisotopic (exact) mass is 457 g/mol. The quantitative estimate of drug-likeness (QED) is 0.427. The number of hydrogen-bond acceptors (Lipinski definition) is 4. The molecular weight excluding hydrogens is 434 g/mol. The van der Waals surface area contributed by atoms with Gasteiger partial charge < -0.3 is 15.5 Å². The Balaban J connectivity index is 0.00000243. The number of halogens is 2. The fourth-order valence-electron chi connectivity index (χ4n) is 3.18. The Kier molecular flexibility index (Phi) is 7.71. The molecule has 0 aromatic heterocycles. The van der Waals surface area contributed by atoms with Gasteiger partial charge in [-0.05, 0) is 53.8 Å². The van der Waals surface area contributed by atoms with Crippen molar-refractivity contribution in [3.8, 4) is 11.5 Å². The highest BCUT2D eigenvalue weighted by Gasteiger charge is 2.25. The van der Waals surface area contributed by atoms with Gasteiger partial charge in [0.2, 0.25) is 0 Å². The van der Waals surface area contributed by atoms with Crippen molar-refractivity contribution < 1.29 is 10.2 Å². The number of nitrogens with one attached hydrogen (secondary N) is 1. The molecule has 0 aliphatic carbocycles. The molecule has 0 fully saturated rings. The van der Waals surface area contributed by atoms with Crippen LogP contribution in [0.3, 0.4) is 0 Å². The van der Waals surface area contributed by atoms with Crippen molar-refractivity contribution in [3.63, 3.8) is 0 Å². The molecule has 3 N–H and O–H groups in total. The van der Waals surface area contributed by atoms with E-state index in [-0.39, 0.29) is 39.4 Å². The first kappa shape index (κ1) is 21.4. The van der Waals surface area contributed by atoms with Crippen molar-refractivity contribution in [1.82, 2.24) is 5.32 Å². The largest absolute Gasteiger partial charge is 0.504 e. The number of thioether (sulfide) groups is 1. The zero-order valence-electron chi connectivity index (χ0n) is 15.0. The van der Waals surface area contributed by atoms with E-state index in [0.717, 1.165) is 36.4 Å². The van der Waals surface area contributed by atoms with Crippen LogP contribution in [0, 0.1) is 5.92 Å². The highest BCUT2D eigenvalue weighted by atomic mass is 79.9. The van der Waals surface area contributed by atoms with E-state index in [1.54, 1.807) is 6.07 Å². The van der Waals surface area contributed by atoms with E-state index in [9.17, 15) is 10.2 Å². The number of benzene rings is 2. The second-order valence-electron chi connectivity index (χ2n) is 6.91. The van der Waals surface area contributed by atoms with Crippen LogP contribution >= 0.6 is 40.3 Å². The standard InChI is InChI=1S/C20H24ClNO2S.BrH/c1-12(2)11-25-14-5-3-13(4-6-14)17-10-22-8-7-15-16(17)9-18(23)20(24)19(15)21;/h3-6,9,12,17,22-24H,7-8,10-11H2,1-2H3;1H.